The minimum atomic E-state index is -0.342. The number of carbonyl (C=O) groups is 1. The van der Waals surface area contributed by atoms with E-state index in [2.05, 4.69) is 5.32 Å². The van der Waals surface area contributed by atoms with E-state index in [1.807, 2.05) is 13.8 Å². The number of nitrogens with zero attached hydrogens (tertiary/aromatic N) is 1. The van der Waals surface area contributed by atoms with Gasteiger partial charge < -0.3 is 16.0 Å². The number of hydrogen-bond acceptors (Lipinski definition) is 3. The molecule has 0 unspecified atom stereocenters. The van der Waals surface area contributed by atoms with Gasteiger partial charge in [0.25, 0.3) is 0 Å². The molecule has 4 nitrogen and oxygen atoms in total. The molecule has 0 saturated heterocycles. The van der Waals surface area contributed by atoms with Gasteiger partial charge in [0.15, 0.2) is 0 Å². The summed E-state index contributed by atoms with van der Waals surface area (Å²) < 4.78 is 13.6. The second kappa shape index (κ2) is 6.35. The monoisotopic (exact) mass is 253 g/mol. The van der Waals surface area contributed by atoms with Crippen molar-refractivity contribution in [1.29, 1.82) is 0 Å². The summed E-state index contributed by atoms with van der Waals surface area (Å²) in [5, 5.41) is 2.79. The van der Waals surface area contributed by atoms with Gasteiger partial charge in [0.05, 0.1) is 6.54 Å². The molecule has 18 heavy (non-hydrogen) atoms. The molecule has 0 spiro atoms. The summed E-state index contributed by atoms with van der Waals surface area (Å²) in [5.74, 6) is -0.439. The van der Waals surface area contributed by atoms with Crippen molar-refractivity contribution in [3.8, 4) is 0 Å². The van der Waals surface area contributed by atoms with Crippen LogP contribution in [-0.2, 0) is 11.3 Å². The molecule has 0 radical (unpaired) electrons. The van der Waals surface area contributed by atoms with Crippen LogP contribution in [0.15, 0.2) is 18.2 Å². The average Bonchev–Trinajstić information content (AvgIpc) is 2.27. The molecule has 100 valence electrons. The van der Waals surface area contributed by atoms with Gasteiger partial charge in [0.2, 0.25) is 5.91 Å². The molecule has 5 heteroatoms. The second-order valence-corrected chi connectivity index (χ2v) is 4.52. The molecule has 0 aliphatic carbocycles. The number of amides is 1. The highest BCUT2D eigenvalue weighted by atomic mass is 19.1. The zero-order valence-corrected chi connectivity index (χ0v) is 11.0. The molecule has 1 amide bonds. The molecule has 0 heterocycles. The van der Waals surface area contributed by atoms with E-state index in [1.54, 1.807) is 24.1 Å². The molecule has 3 N–H and O–H groups in total. The lowest BCUT2D eigenvalue weighted by molar-refractivity contribution is -0.120. The van der Waals surface area contributed by atoms with Gasteiger partial charge in [-0.3, -0.25) is 4.79 Å². The summed E-state index contributed by atoms with van der Waals surface area (Å²) >= 11 is 0. The van der Waals surface area contributed by atoms with Crippen LogP contribution in [0.2, 0.25) is 0 Å². The maximum absolute atomic E-state index is 13.6. The Hall–Kier alpha value is -1.62. The van der Waals surface area contributed by atoms with E-state index in [9.17, 15) is 9.18 Å². The van der Waals surface area contributed by atoms with Gasteiger partial charge in [-0.1, -0.05) is 6.07 Å². The van der Waals surface area contributed by atoms with Crippen LogP contribution in [0.1, 0.15) is 19.4 Å². The highest BCUT2D eigenvalue weighted by molar-refractivity contribution is 5.81. The number of halogens is 1. The van der Waals surface area contributed by atoms with Gasteiger partial charge in [-0.15, -0.1) is 0 Å². The second-order valence-electron chi connectivity index (χ2n) is 4.52. The number of anilines is 1. The van der Waals surface area contributed by atoms with Gasteiger partial charge in [0.1, 0.15) is 5.82 Å². The first-order chi connectivity index (χ1) is 8.45. The Balaban J connectivity index is 2.81. The van der Waals surface area contributed by atoms with Crippen molar-refractivity contribution in [1.82, 2.24) is 5.32 Å². The number of nitrogens with two attached hydrogens (primary N) is 1. The quantitative estimate of drug-likeness (QED) is 0.830. The summed E-state index contributed by atoms with van der Waals surface area (Å²) in [6.45, 7) is 4.07. The molecule has 0 atom stereocenters. The maximum Gasteiger partial charge on any atom is 0.239 e. The number of hydrogen-bond donors (Lipinski definition) is 2. The van der Waals surface area contributed by atoms with Gasteiger partial charge in [0, 0.05) is 30.9 Å². The van der Waals surface area contributed by atoms with E-state index in [-0.39, 0.29) is 30.9 Å². The predicted octanol–water partition coefficient (Wildman–Crippen LogP) is 1.25. The Morgan fingerprint density at radius 1 is 1.50 bits per heavy atom. The van der Waals surface area contributed by atoms with Crippen molar-refractivity contribution in [3.63, 3.8) is 0 Å². The van der Waals surface area contributed by atoms with E-state index in [1.165, 1.54) is 6.07 Å². The number of likely N-dealkylation sites (N-methyl/N-ethyl adjacent to an activating group) is 1. The molecular weight excluding hydrogens is 233 g/mol. The third-order valence-electron chi connectivity index (χ3n) is 2.54. The zero-order chi connectivity index (χ0) is 13.7. The highest BCUT2D eigenvalue weighted by Gasteiger charge is 2.13. The SMILES string of the molecule is CC(C)NC(=O)CN(C)c1cccc(F)c1CN. The molecular formula is C13H20FN3O. The van der Waals surface area contributed by atoms with Crippen molar-refractivity contribution in [2.24, 2.45) is 5.73 Å². The van der Waals surface area contributed by atoms with Crippen molar-refractivity contribution >= 4 is 11.6 Å². The van der Waals surface area contributed by atoms with Crippen LogP contribution in [0.3, 0.4) is 0 Å². The lowest BCUT2D eigenvalue weighted by Gasteiger charge is -2.22. The molecule has 0 aromatic heterocycles. The lowest BCUT2D eigenvalue weighted by Crippen LogP contribution is -2.39. The van der Waals surface area contributed by atoms with Crippen molar-refractivity contribution < 1.29 is 9.18 Å². The van der Waals surface area contributed by atoms with E-state index >= 15 is 0 Å². The first kappa shape index (κ1) is 14.4. The van der Waals surface area contributed by atoms with Gasteiger partial charge >= 0.3 is 0 Å². The minimum absolute atomic E-state index is 0.0902. The van der Waals surface area contributed by atoms with E-state index in [0.717, 1.165) is 0 Å². The van der Waals surface area contributed by atoms with Crippen LogP contribution in [0, 0.1) is 5.82 Å². The third-order valence-corrected chi connectivity index (χ3v) is 2.54. The van der Waals surface area contributed by atoms with Crippen LogP contribution in [-0.4, -0.2) is 25.5 Å². The van der Waals surface area contributed by atoms with Crippen LogP contribution < -0.4 is 16.0 Å². The maximum atomic E-state index is 13.6. The van der Waals surface area contributed by atoms with Gasteiger partial charge in [-0.2, -0.15) is 0 Å². The van der Waals surface area contributed by atoms with Crippen molar-refractivity contribution in [3.05, 3.63) is 29.6 Å². The van der Waals surface area contributed by atoms with E-state index < -0.39 is 0 Å². The van der Waals surface area contributed by atoms with Crippen LogP contribution >= 0.6 is 0 Å². The summed E-state index contributed by atoms with van der Waals surface area (Å²) in [7, 11) is 1.74. The molecule has 1 aromatic carbocycles. The topological polar surface area (TPSA) is 58.4 Å². The summed E-state index contributed by atoms with van der Waals surface area (Å²) in [6, 6.07) is 4.83. The minimum Gasteiger partial charge on any atom is -0.365 e. The molecule has 0 saturated carbocycles. The Bertz CT molecular complexity index is 421. The molecule has 0 fully saturated rings. The number of benzene rings is 1. The van der Waals surface area contributed by atoms with Crippen molar-refractivity contribution in [2.45, 2.75) is 26.4 Å². The number of carbonyl (C=O) groups excluding carboxylic acids is 1. The smallest absolute Gasteiger partial charge is 0.239 e. The Labute approximate surface area is 107 Å². The standard InChI is InChI=1S/C13H20FN3O/c1-9(2)16-13(18)8-17(3)12-6-4-5-11(14)10(12)7-15/h4-6,9H,7-8,15H2,1-3H3,(H,16,18). The summed E-state index contributed by atoms with van der Waals surface area (Å²) in [5.41, 5.74) is 6.61. The van der Waals surface area contributed by atoms with E-state index in [0.29, 0.717) is 11.3 Å². The van der Waals surface area contributed by atoms with Gasteiger partial charge in [-0.25, -0.2) is 4.39 Å². The number of rotatable bonds is 5. The molecule has 0 aliphatic rings. The summed E-state index contributed by atoms with van der Waals surface area (Å²) in [4.78, 5) is 13.3. The fraction of sp³-hybridized carbons (Fsp3) is 0.462. The normalized spacial score (nSPS) is 10.6. The Morgan fingerprint density at radius 3 is 2.72 bits per heavy atom. The Morgan fingerprint density at radius 2 is 2.17 bits per heavy atom. The third kappa shape index (κ3) is 3.70. The van der Waals surface area contributed by atoms with E-state index in [4.69, 9.17) is 5.73 Å². The fourth-order valence-corrected chi connectivity index (χ4v) is 1.78. The molecule has 1 aromatic rings. The zero-order valence-electron chi connectivity index (χ0n) is 11.0. The fourth-order valence-electron chi connectivity index (χ4n) is 1.78. The summed E-state index contributed by atoms with van der Waals surface area (Å²) in [6.07, 6.45) is 0. The first-order valence-corrected chi connectivity index (χ1v) is 5.93. The van der Waals surface area contributed by atoms with Crippen LogP contribution in [0.5, 0.6) is 0 Å². The predicted molar refractivity (Wildman–Crippen MR) is 70.8 cm³/mol. The number of nitrogens with one attached hydrogen (secondary N) is 1. The molecule has 0 bridgehead atoms. The largest absolute Gasteiger partial charge is 0.365 e. The van der Waals surface area contributed by atoms with Gasteiger partial charge in [-0.05, 0) is 26.0 Å². The lowest BCUT2D eigenvalue weighted by atomic mass is 10.1. The van der Waals surface area contributed by atoms with Crippen molar-refractivity contribution in [2.75, 3.05) is 18.5 Å². The average molecular weight is 253 g/mol. The Kier molecular flexibility index (Phi) is 5.09. The first-order valence-electron chi connectivity index (χ1n) is 5.93. The van der Waals surface area contributed by atoms with Crippen LogP contribution in [0.4, 0.5) is 10.1 Å². The molecule has 0 aliphatic heterocycles. The molecule has 1 rings (SSSR count). The highest BCUT2D eigenvalue weighted by Crippen LogP contribution is 2.21. The van der Waals surface area contributed by atoms with Crippen LogP contribution in [0.25, 0.3) is 0 Å².